The van der Waals surface area contributed by atoms with Crippen LogP contribution in [0.1, 0.15) is 33.6 Å². The molecule has 1 aliphatic carbocycles. The largest absolute Gasteiger partial charge is 0.444 e. The standard InChI is InChI=1S/C23H31N3O8S/c1-5-12-33-26(35(31,32)21-9-7-6-8-19(21)25(29)30)20-14-24(22(28)34-23(2,3)4)17(15-27)13-18(20)16-10-11-16/h5-9,13,16-17,20,27H,1,10-12,14-15H2,2-4H3. The zero-order valence-corrected chi connectivity index (χ0v) is 20.8. The van der Waals surface area contributed by atoms with Crippen LogP contribution < -0.4 is 0 Å². The van der Waals surface area contributed by atoms with Gasteiger partial charge in [0.2, 0.25) is 0 Å². The van der Waals surface area contributed by atoms with Crippen LogP contribution >= 0.6 is 0 Å². The van der Waals surface area contributed by atoms with E-state index in [9.17, 15) is 28.4 Å². The van der Waals surface area contributed by atoms with E-state index in [1.807, 2.05) is 0 Å². The molecule has 0 aromatic heterocycles. The maximum atomic E-state index is 13.8. The van der Waals surface area contributed by atoms with Crippen molar-refractivity contribution in [3.8, 4) is 0 Å². The molecule has 1 heterocycles. The van der Waals surface area contributed by atoms with E-state index in [-0.39, 0.29) is 25.7 Å². The molecular formula is C23H31N3O8S. The van der Waals surface area contributed by atoms with Crippen molar-refractivity contribution >= 4 is 21.8 Å². The van der Waals surface area contributed by atoms with E-state index in [0.717, 1.165) is 29.4 Å². The van der Waals surface area contributed by atoms with Crippen LogP contribution in [-0.2, 0) is 19.6 Å². The number of rotatable bonds is 9. The Balaban J connectivity index is 2.10. The van der Waals surface area contributed by atoms with Crippen molar-refractivity contribution < 1.29 is 32.8 Å². The Bertz CT molecular complexity index is 1110. The second-order valence-electron chi connectivity index (χ2n) is 9.41. The number of aliphatic hydroxyl groups is 1. The van der Waals surface area contributed by atoms with Crippen molar-refractivity contribution in [2.24, 2.45) is 5.92 Å². The Morgan fingerprint density at radius 2 is 2.00 bits per heavy atom. The highest BCUT2D eigenvalue weighted by Crippen LogP contribution is 2.43. The maximum absolute atomic E-state index is 13.8. The minimum Gasteiger partial charge on any atom is -0.444 e. The molecule has 1 aromatic carbocycles. The van der Waals surface area contributed by atoms with Crippen LogP contribution in [0.2, 0.25) is 0 Å². The van der Waals surface area contributed by atoms with Crippen molar-refractivity contribution in [3.63, 3.8) is 0 Å². The average Bonchev–Trinajstić information content (AvgIpc) is 3.63. The van der Waals surface area contributed by atoms with Crippen molar-refractivity contribution in [2.75, 3.05) is 19.8 Å². The van der Waals surface area contributed by atoms with Gasteiger partial charge in [-0.3, -0.25) is 19.9 Å². The summed E-state index contributed by atoms with van der Waals surface area (Å²) in [5, 5.41) is 21.6. The molecule has 1 fully saturated rings. The van der Waals surface area contributed by atoms with Crippen LogP contribution in [0.15, 0.2) is 53.5 Å². The third kappa shape index (κ3) is 6.07. The molecule has 2 unspecified atom stereocenters. The zero-order chi connectivity index (χ0) is 26.0. The highest BCUT2D eigenvalue weighted by Gasteiger charge is 2.47. The summed E-state index contributed by atoms with van der Waals surface area (Å²) < 4.78 is 33.7. The fourth-order valence-electron chi connectivity index (χ4n) is 3.92. The van der Waals surface area contributed by atoms with Crippen LogP contribution in [0.5, 0.6) is 0 Å². The van der Waals surface area contributed by atoms with Gasteiger partial charge in [-0.25, -0.2) is 13.2 Å². The SMILES string of the molecule is C=CCON(C1CN(C(=O)OC(C)(C)C)C(CO)C=C1C1CC1)S(=O)(=O)c1ccccc1[N+](=O)[O-]. The minimum absolute atomic E-state index is 0.0469. The summed E-state index contributed by atoms with van der Waals surface area (Å²) >= 11 is 0. The van der Waals surface area contributed by atoms with Crippen molar-refractivity contribution in [1.29, 1.82) is 0 Å². The van der Waals surface area contributed by atoms with Crippen LogP contribution in [0.4, 0.5) is 10.5 Å². The van der Waals surface area contributed by atoms with Gasteiger partial charge >= 0.3 is 6.09 Å². The number of nitro benzene ring substituents is 1. The summed E-state index contributed by atoms with van der Waals surface area (Å²) in [6, 6.07) is 3.31. The van der Waals surface area contributed by atoms with Crippen LogP contribution in [-0.4, -0.2) is 71.4 Å². The van der Waals surface area contributed by atoms with Crippen LogP contribution in [0, 0.1) is 16.0 Å². The molecule has 2 aliphatic rings. The van der Waals surface area contributed by atoms with Crippen LogP contribution in [0.3, 0.4) is 0 Å². The fourth-order valence-corrected chi connectivity index (χ4v) is 5.50. The first-order chi connectivity index (χ1) is 16.4. The Morgan fingerprint density at radius 1 is 1.34 bits per heavy atom. The predicted molar refractivity (Wildman–Crippen MR) is 127 cm³/mol. The first-order valence-electron chi connectivity index (χ1n) is 11.2. The van der Waals surface area contributed by atoms with Gasteiger partial charge in [0.05, 0.1) is 30.2 Å². The molecule has 3 rings (SSSR count). The van der Waals surface area contributed by atoms with E-state index in [4.69, 9.17) is 9.57 Å². The molecule has 12 heteroatoms. The number of nitro groups is 1. The lowest BCUT2D eigenvalue weighted by atomic mass is 9.95. The molecule has 1 amide bonds. The predicted octanol–water partition coefficient (Wildman–Crippen LogP) is 3.02. The lowest BCUT2D eigenvalue weighted by Crippen LogP contribution is -2.56. The molecule has 1 saturated carbocycles. The van der Waals surface area contributed by atoms with E-state index >= 15 is 0 Å². The molecule has 2 atom stereocenters. The van der Waals surface area contributed by atoms with E-state index in [0.29, 0.717) is 5.57 Å². The topological polar surface area (TPSA) is 140 Å². The average molecular weight is 510 g/mol. The first-order valence-corrected chi connectivity index (χ1v) is 12.7. The summed E-state index contributed by atoms with van der Waals surface area (Å²) in [6.45, 7) is 7.92. The number of aliphatic hydroxyl groups excluding tert-OH is 1. The summed E-state index contributed by atoms with van der Waals surface area (Å²) in [4.78, 5) is 30.1. The van der Waals surface area contributed by atoms with Crippen molar-refractivity contribution in [3.05, 3.63) is 58.7 Å². The van der Waals surface area contributed by atoms with Gasteiger partial charge in [-0.2, -0.15) is 0 Å². The van der Waals surface area contributed by atoms with Crippen molar-refractivity contribution in [1.82, 2.24) is 9.37 Å². The smallest absolute Gasteiger partial charge is 0.410 e. The fraction of sp³-hybridized carbons (Fsp3) is 0.522. The van der Waals surface area contributed by atoms with E-state index < -0.39 is 49.3 Å². The quantitative estimate of drug-likeness (QED) is 0.304. The monoisotopic (exact) mass is 509 g/mol. The third-order valence-electron chi connectivity index (χ3n) is 5.55. The van der Waals surface area contributed by atoms with Gasteiger partial charge in [0.1, 0.15) is 5.60 Å². The lowest BCUT2D eigenvalue weighted by Gasteiger charge is -2.41. The molecule has 1 aliphatic heterocycles. The summed E-state index contributed by atoms with van der Waals surface area (Å²) in [5.41, 5.74) is -0.720. The molecule has 35 heavy (non-hydrogen) atoms. The Morgan fingerprint density at radius 3 is 2.54 bits per heavy atom. The second-order valence-corrected chi connectivity index (χ2v) is 11.2. The molecule has 1 N–H and O–H groups in total. The summed E-state index contributed by atoms with van der Waals surface area (Å²) in [7, 11) is -4.56. The molecule has 0 saturated heterocycles. The maximum Gasteiger partial charge on any atom is 0.410 e. The number of para-hydroxylation sites is 1. The van der Waals surface area contributed by atoms with E-state index in [1.54, 1.807) is 26.8 Å². The number of hydrogen-bond donors (Lipinski definition) is 1. The number of carbonyl (C=O) groups is 1. The van der Waals surface area contributed by atoms with Gasteiger partial charge in [-0.15, -0.1) is 6.58 Å². The van der Waals surface area contributed by atoms with Crippen molar-refractivity contribution in [2.45, 2.75) is 56.2 Å². The molecule has 11 nitrogen and oxygen atoms in total. The van der Waals surface area contributed by atoms with Crippen LogP contribution in [0.25, 0.3) is 0 Å². The van der Waals surface area contributed by atoms with Gasteiger partial charge in [-0.1, -0.05) is 28.8 Å². The lowest BCUT2D eigenvalue weighted by molar-refractivity contribution is -0.388. The second kappa shape index (κ2) is 10.4. The summed E-state index contributed by atoms with van der Waals surface area (Å²) in [6.07, 6.45) is 3.93. The molecule has 1 aromatic rings. The number of carbonyl (C=O) groups excluding carboxylic acids is 1. The highest BCUT2D eigenvalue weighted by atomic mass is 32.2. The third-order valence-corrected chi connectivity index (χ3v) is 7.29. The molecular weight excluding hydrogens is 478 g/mol. The number of hydroxylamine groups is 1. The number of benzene rings is 1. The zero-order valence-electron chi connectivity index (χ0n) is 20.0. The number of sulfonamides is 1. The molecule has 0 spiro atoms. The molecule has 0 radical (unpaired) electrons. The Labute approximate surface area is 204 Å². The van der Waals surface area contributed by atoms with Gasteiger partial charge in [-0.05, 0) is 51.2 Å². The Kier molecular flexibility index (Phi) is 8.00. The number of hydrogen-bond acceptors (Lipinski definition) is 8. The molecule has 192 valence electrons. The molecule has 0 bridgehead atoms. The number of nitrogens with zero attached hydrogens (tertiary/aromatic N) is 3. The Hall–Kier alpha value is -2.80. The highest BCUT2D eigenvalue weighted by molar-refractivity contribution is 7.89. The van der Waals surface area contributed by atoms with Gasteiger partial charge in [0.15, 0.2) is 4.90 Å². The minimum atomic E-state index is -4.56. The normalized spacial score (nSPS) is 20.9. The summed E-state index contributed by atoms with van der Waals surface area (Å²) in [5.74, 6) is 0.0469. The first kappa shape index (κ1) is 26.8. The van der Waals surface area contributed by atoms with Gasteiger partial charge in [0.25, 0.3) is 15.7 Å². The van der Waals surface area contributed by atoms with E-state index in [1.165, 1.54) is 23.1 Å². The van der Waals surface area contributed by atoms with Gasteiger partial charge in [0, 0.05) is 12.6 Å². The van der Waals surface area contributed by atoms with Gasteiger partial charge < -0.3 is 9.84 Å². The number of amides is 1. The number of ether oxygens (including phenoxy) is 1. The van der Waals surface area contributed by atoms with E-state index in [2.05, 4.69) is 6.58 Å².